The van der Waals surface area contributed by atoms with E-state index in [-0.39, 0.29) is 4.90 Å². The fourth-order valence-corrected chi connectivity index (χ4v) is 3.72. The van der Waals surface area contributed by atoms with Gasteiger partial charge in [0.25, 0.3) is 10.0 Å². The summed E-state index contributed by atoms with van der Waals surface area (Å²) in [5.41, 5.74) is 3.15. The first kappa shape index (κ1) is 16.3. The SMILES string of the molecule is Cc1cc2nccc(NS(=O)(=O)c3ccc(-c4cnn(C)c4)cc3)n2n1. The van der Waals surface area contributed by atoms with Crippen LogP contribution in [0.3, 0.4) is 0 Å². The van der Waals surface area contributed by atoms with E-state index in [1.54, 1.807) is 53.5 Å². The molecule has 0 radical (unpaired) electrons. The molecule has 0 amide bonds. The Hall–Kier alpha value is -3.20. The van der Waals surface area contributed by atoms with Gasteiger partial charge in [-0.1, -0.05) is 12.1 Å². The van der Waals surface area contributed by atoms with Crippen LogP contribution in [0.25, 0.3) is 16.8 Å². The summed E-state index contributed by atoms with van der Waals surface area (Å²) in [7, 11) is -1.92. The Morgan fingerprint density at radius 1 is 1.08 bits per heavy atom. The van der Waals surface area contributed by atoms with Gasteiger partial charge in [0, 0.05) is 31.1 Å². The first-order valence-corrected chi connectivity index (χ1v) is 9.34. The van der Waals surface area contributed by atoms with E-state index < -0.39 is 10.0 Å². The van der Waals surface area contributed by atoms with E-state index >= 15 is 0 Å². The van der Waals surface area contributed by atoms with Crippen molar-refractivity contribution in [2.45, 2.75) is 11.8 Å². The van der Waals surface area contributed by atoms with Crippen LogP contribution >= 0.6 is 0 Å². The minimum absolute atomic E-state index is 0.166. The molecule has 4 aromatic rings. The molecule has 0 fully saturated rings. The van der Waals surface area contributed by atoms with Crippen LogP contribution in [0.15, 0.2) is 59.9 Å². The summed E-state index contributed by atoms with van der Waals surface area (Å²) in [4.78, 5) is 4.34. The molecule has 0 aliphatic carbocycles. The maximum Gasteiger partial charge on any atom is 0.263 e. The summed E-state index contributed by atoms with van der Waals surface area (Å²) in [5.74, 6) is 0.333. The van der Waals surface area contributed by atoms with Gasteiger partial charge in [-0.15, -0.1) is 0 Å². The zero-order valence-electron chi connectivity index (χ0n) is 14.2. The van der Waals surface area contributed by atoms with E-state index in [0.29, 0.717) is 11.5 Å². The number of nitrogens with one attached hydrogen (secondary N) is 1. The molecule has 0 spiro atoms. The van der Waals surface area contributed by atoms with Crippen LogP contribution in [0.1, 0.15) is 5.69 Å². The van der Waals surface area contributed by atoms with Crippen molar-refractivity contribution in [1.82, 2.24) is 24.4 Å². The molecule has 1 N–H and O–H groups in total. The van der Waals surface area contributed by atoms with Crippen molar-refractivity contribution in [1.29, 1.82) is 0 Å². The molecule has 0 unspecified atom stereocenters. The number of hydrogen-bond donors (Lipinski definition) is 1. The molecule has 0 aliphatic rings. The third-order valence-electron chi connectivity index (χ3n) is 3.92. The second-order valence-corrected chi connectivity index (χ2v) is 7.60. The standard InChI is InChI=1S/C17H16N6O2S/c1-12-9-17-18-8-7-16(23(17)20-12)21-26(24,25)15-5-3-13(4-6-15)14-10-19-22(2)11-14/h3-11,21H,1-2H3. The van der Waals surface area contributed by atoms with Crippen molar-refractivity contribution in [2.24, 2.45) is 7.05 Å². The molecule has 0 bridgehead atoms. The normalized spacial score (nSPS) is 11.8. The molecule has 0 saturated heterocycles. The molecule has 9 heteroatoms. The predicted octanol–water partition coefficient (Wildman–Crippen LogP) is 2.24. The number of nitrogens with zero attached hydrogens (tertiary/aromatic N) is 5. The third-order valence-corrected chi connectivity index (χ3v) is 5.29. The number of hydrogen-bond acceptors (Lipinski definition) is 5. The summed E-state index contributed by atoms with van der Waals surface area (Å²) in [6.45, 7) is 1.82. The van der Waals surface area contributed by atoms with E-state index in [4.69, 9.17) is 0 Å². The molecule has 0 atom stereocenters. The van der Waals surface area contributed by atoms with Gasteiger partial charge in [-0.2, -0.15) is 14.7 Å². The van der Waals surface area contributed by atoms with Crippen molar-refractivity contribution in [2.75, 3.05) is 4.72 Å². The smallest absolute Gasteiger partial charge is 0.263 e. The first-order chi connectivity index (χ1) is 12.4. The Morgan fingerprint density at radius 2 is 1.85 bits per heavy atom. The Balaban J connectivity index is 1.66. The molecule has 132 valence electrons. The molecule has 3 aromatic heterocycles. The molecule has 0 saturated carbocycles. The Bertz CT molecular complexity index is 1190. The van der Waals surface area contributed by atoms with E-state index in [9.17, 15) is 8.42 Å². The number of fused-ring (bicyclic) bond motifs is 1. The van der Waals surface area contributed by atoms with E-state index in [1.165, 1.54) is 4.52 Å². The van der Waals surface area contributed by atoms with Crippen molar-refractivity contribution < 1.29 is 8.42 Å². The second kappa shape index (κ2) is 5.95. The van der Waals surface area contributed by atoms with Crippen molar-refractivity contribution >= 4 is 21.5 Å². The summed E-state index contributed by atoms with van der Waals surface area (Å²) < 4.78 is 31.2. The molecular weight excluding hydrogens is 352 g/mol. The highest BCUT2D eigenvalue weighted by molar-refractivity contribution is 7.92. The monoisotopic (exact) mass is 368 g/mol. The summed E-state index contributed by atoms with van der Waals surface area (Å²) in [6, 6.07) is 9.99. The topological polar surface area (TPSA) is 94.2 Å². The molecule has 3 heterocycles. The lowest BCUT2D eigenvalue weighted by atomic mass is 10.1. The molecule has 0 aliphatic heterocycles. The highest BCUT2D eigenvalue weighted by Gasteiger charge is 2.17. The van der Waals surface area contributed by atoms with Gasteiger partial charge in [0.1, 0.15) is 5.82 Å². The van der Waals surface area contributed by atoms with Gasteiger partial charge in [0.15, 0.2) is 5.65 Å². The third kappa shape index (κ3) is 2.93. The molecule has 8 nitrogen and oxygen atoms in total. The Kier molecular flexibility index (Phi) is 3.73. The van der Waals surface area contributed by atoms with Gasteiger partial charge in [0.2, 0.25) is 0 Å². The average molecular weight is 368 g/mol. The number of anilines is 1. The lowest BCUT2D eigenvalue weighted by molar-refractivity contribution is 0.600. The molecule has 26 heavy (non-hydrogen) atoms. The fraction of sp³-hybridized carbons (Fsp3) is 0.118. The van der Waals surface area contributed by atoms with Crippen LogP contribution in [0, 0.1) is 6.92 Å². The predicted molar refractivity (Wildman–Crippen MR) is 97.2 cm³/mol. The first-order valence-electron chi connectivity index (χ1n) is 7.86. The quantitative estimate of drug-likeness (QED) is 0.596. The maximum absolute atomic E-state index is 12.7. The zero-order valence-corrected chi connectivity index (χ0v) is 15.0. The largest absolute Gasteiger partial charge is 0.275 e. The molecule has 1 aromatic carbocycles. The summed E-state index contributed by atoms with van der Waals surface area (Å²) >= 11 is 0. The van der Waals surface area contributed by atoms with Gasteiger partial charge in [-0.3, -0.25) is 9.40 Å². The maximum atomic E-state index is 12.7. The minimum atomic E-state index is -3.75. The van der Waals surface area contributed by atoms with Crippen molar-refractivity contribution in [3.63, 3.8) is 0 Å². The van der Waals surface area contributed by atoms with Crippen LogP contribution in [-0.4, -0.2) is 32.8 Å². The number of rotatable bonds is 4. The zero-order chi connectivity index (χ0) is 18.3. The number of benzene rings is 1. The minimum Gasteiger partial charge on any atom is -0.275 e. The van der Waals surface area contributed by atoms with Crippen LogP contribution in [-0.2, 0) is 17.1 Å². The van der Waals surface area contributed by atoms with Crippen LogP contribution < -0.4 is 4.72 Å². The number of aryl methyl sites for hydroxylation is 2. The van der Waals surface area contributed by atoms with Gasteiger partial charge in [-0.25, -0.2) is 13.4 Å². The Morgan fingerprint density at radius 3 is 2.54 bits per heavy atom. The van der Waals surface area contributed by atoms with Crippen molar-refractivity contribution in [3.05, 3.63) is 60.7 Å². The lowest BCUT2D eigenvalue weighted by Crippen LogP contribution is -2.15. The van der Waals surface area contributed by atoms with Crippen LogP contribution in [0.2, 0.25) is 0 Å². The van der Waals surface area contributed by atoms with E-state index in [2.05, 4.69) is 19.9 Å². The molecule has 4 rings (SSSR count). The van der Waals surface area contributed by atoms with E-state index in [1.807, 2.05) is 20.2 Å². The highest BCUT2D eigenvalue weighted by atomic mass is 32.2. The van der Waals surface area contributed by atoms with Crippen LogP contribution in [0.4, 0.5) is 5.82 Å². The molecular formula is C17H16N6O2S. The van der Waals surface area contributed by atoms with Gasteiger partial charge in [-0.05, 0) is 30.7 Å². The summed E-state index contributed by atoms with van der Waals surface area (Å²) in [5, 5.41) is 8.39. The average Bonchev–Trinajstić information content (AvgIpc) is 3.20. The van der Waals surface area contributed by atoms with Crippen LogP contribution in [0.5, 0.6) is 0 Å². The van der Waals surface area contributed by atoms with Crippen molar-refractivity contribution in [3.8, 4) is 11.1 Å². The van der Waals surface area contributed by atoms with Gasteiger partial charge in [0.05, 0.1) is 16.8 Å². The number of sulfonamides is 1. The highest BCUT2D eigenvalue weighted by Crippen LogP contribution is 2.22. The summed E-state index contributed by atoms with van der Waals surface area (Å²) in [6.07, 6.45) is 5.14. The Labute approximate surface area is 150 Å². The second-order valence-electron chi connectivity index (χ2n) is 5.92. The fourth-order valence-electron chi connectivity index (χ4n) is 2.68. The van der Waals surface area contributed by atoms with Gasteiger partial charge < -0.3 is 0 Å². The number of aromatic nitrogens is 5. The van der Waals surface area contributed by atoms with Gasteiger partial charge >= 0.3 is 0 Å². The van der Waals surface area contributed by atoms with E-state index in [0.717, 1.165) is 16.8 Å². The lowest BCUT2D eigenvalue weighted by Gasteiger charge is -2.09.